The Morgan fingerprint density at radius 3 is 2.77 bits per heavy atom. The van der Waals surface area contributed by atoms with Gasteiger partial charge in [0.15, 0.2) is 5.69 Å². The largest absolute Gasteiger partial charge is 0.489 e. The lowest BCUT2D eigenvalue weighted by Crippen LogP contribution is -2.54. The highest BCUT2D eigenvalue weighted by Gasteiger charge is 2.41. The van der Waals surface area contributed by atoms with Crippen molar-refractivity contribution in [1.82, 2.24) is 19.7 Å². The number of carbonyl (C=O) groups is 2. The summed E-state index contributed by atoms with van der Waals surface area (Å²) in [7, 11) is 1.72. The summed E-state index contributed by atoms with van der Waals surface area (Å²) in [5.41, 5.74) is 3.58. The van der Waals surface area contributed by atoms with E-state index < -0.39 is 6.04 Å². The first-order chi connectivity index (χ1) is 16.9. The second kappa shape index (κ2) is 8.35. The molecule has 2 aromatic heterocycles. The van der Waals surface area contributed by atoms with Gasteiger partial charge in [-0.2, -0.15) is 5.10 Å². The molecule has 6 rings (SSSR count). The second-order valence-corrected chi connectivity index (χ2v) is 10.3. The first-order valence-electron chi connectivity index (χ1n) is 11.3. The molecule has 0 fully saturated rings. The van der Waals surface area contributed by atoms with E-state index in [-0.39, 0.29) is 18.4 Å². The molecule has 1 atom stereocenters. The molecule has 0 saturated carbocycles. The fourth-order valence-corrected chi connectivity index (χ4v) is 6.08. The maximum Gasteiger partial charge on any atom is 0.275 e. The van der Waals surface area contributed by atoms with Crippen LogP contribution >= 0.6 is 22.9 Å². The van der Waals surface area contributed by atoms with Gasteiger partial charge in [-0.05, 0) is 31.0 Å². The Bertz CT molecular complexity index is 1480. The van der Waals surface area contributed by atoms with Gasteiger partial charge < -0.3 is 14.5 Å². The Hall–Kier alpha value is -3.43. The molecule has 0 spiro atoms. The lowest BCUT2D eigenvalue weighted by atomic mass is 10.0. The van der Waals surface area contributed by atoms with Crippen LogP contribution in [0.25, 0.3) is 10.2 Å². The van der Waals surface area contributed by atoms with Gasteiger partial charge in [0.1, 0.15) is 29.2 Å². The van der Waals surface area contributed by atoms with Gasteiger partial charge in [0.25, 0.3) is 11.8 Å². The first kappa shape index (κ1) is 22.1. The van der Waals surface area contributed by atoms with Crippen LogP contribution in [0.4, 0.5) is 5.69 Å². The lowest BCUT2D eigenvalue weighted by molar-refractivity contribution is -0.123. The number of ether oxygens (including phenoxy) is 1. The number of benzene rings is 2. The molecule has 4 aromatic rings. The fraction of sp³-hybridized carbons (Fsp3) is 0.280. The van der Waals surface area contributed by atoms with Crippen LogP contribution in [0, 0.1) is 6.92 Å². The van der Waals surface area contributed by atoms with Gasteiger partial charge in [-0.3, -0.25) is 9.59 Å². The molecule has 2 aromatic carbocycles. The zero-order chi connectivity index (χ0) is 24.3. The molecule has 178 valence electrons. The average molecular weight is 508 g/mol. The second-order valence-electron chi connectivity index (χ2n) is 8.73. The van der Waals surface area contributed by atoms with Crippen molar-refractivity contribution >= 4 is 50.7 Å². The van der Waals surface area contributed by atoms with Crippen LogP contribution < -0.4 is 9.64 Å². The third kappa shape index (κ3) is 3.57. The molecule has 0 saturated heterocycles. The molecule has 0 aliphatic carbocycles. The van der Waals surface area contributed by atoms with Crippen LogP contribution in [0.15, 0.2) is 42.5 Å². The van der Waals surface area contributed by atoms with Crippen LogP contribution in [0.5, 0.6) is 5.75 Å². The quantitative estimate of drug-likeness (QED) is 0.420. The Morgan fingerprint density at radius 1 is 1.17 bits per heavy atom. The Labute approximate surface area is 210 Å². The third-order valence-corrected chi connectivity index (χ3v) is 7.97. The van der Waals surface area contributed by atoms with E-state index in [1.165, 1.54) is 11.3 Å². The predicted octanol–water partition coefficient (Wildman–Crippen LogP) is 3.93. The molecule has 10 heteroatoms. The van der Waals surface area contributed by atoms with Crippen molar-refractivity contribution in [2.75, 3.05) is 25.1 Å². The van der Waals surface area contributed by atoms with E-state index in [9.17, 15) is 9.59 Å². The van der Waals surface area contributed by atoms with Crippen molar-refractivity contribution in [2.45, 2.75) is 25.9 Å². The summed E-state index contributed by atoms with van der Waals surface area (Å²) < 4.78 is 8.64. The van der Waals surface area contributed by atoms with Crippen molar-refractivity contribution in [3.8, 4) is 5.75 Å². The highest BCUT2D eigenvalue weighted by Crippen LogP contribution is 2.41. The lowest BCUT2D eigenvalue weighted by Gasteiger charge is -2.33. The summed E-state index contributed by atoms with van der Waals surface area (Å²) in [4.78, 5) is 34.9. The number of fused-ring (bicyclic) bond motifs is 4. The maximum absolute atomic E-state index is 13.6. The monoisotopic (exact) mass is 507 g/mol. The van der Waals surface area contributed by atoms with Gasteiger partial charge in [-0.15, -0.1) is 11.3 Å². The number of likely N-dealkylation sites (N-methyl/N-ethyl adjacent to an activating group) is 1. The molecule has 0 radical (unpaired) electrons. The predicted molar refractivity (Wildman–Crippen MR) is 135 cm³/mol. The number of aryl methyl sites for hydroxylation is 1. The Morgan fingerprint density at radius 2 is 1.97 bits per heavy atom. The van der Waals surface area contributed by atoms with Crippen LogP contribution in [-0.2, 0) is 17.8 Å². The van der Waals surface area contributed by atoms with Crippen molar-refractivity contribution in [1.29, 1.82) is 0 Å². The minimum atomic E-state index is -0.768. The van der Waals surface area contributed by atoms with E-state index in [0.29, 0.717) is 41.8 Å². The number of thiazole rings is 1. The summed E-state index contributed by atoms with van der Waals surface area (Å²) in [5.74, 6) is 0.105. The number of hydrogen-bond acceptors (Lipinski definition) is 6. The van der Waals surface area contributed by atoms with E-state index in [1.54, 1.807) is 21.5 Å². The zero-order valence-electron chi connectivity index (χ0n) is 19.2. The molecular weight excluding hydrogens is 486 g/mol. The van der Waals surface area contributed by atoms with E-state index in [2.05, 4.69) is 10.1 Å². The van der Waals surface area contributed by atoms with Crippen LogP contribution in [0.1, 0.15) is 26.6 Å². The number of nitrogens with zero attached hydrogens (tertiary/aromatic N) is 5. The standard InChI is InChI=1S/C25H22ClN5O3S/c1-14-27-17-8-9-19-21(22(17)35-14)29(2)24(32)18(13-34-19)30-11-10-16-20(25(30)33)28-31(23(16)26)12-15-6-4-3-5-7-15/h3-9,18H,10-13H2,1-2H3/t18-/m0/s1. The van der Waals surface area contributed by atoms with Crippen LogP contribution in [0.3, 0.4) is 0 Å². The molecule has 0 unspecified atom stereocenters. The first-order valence-corrected chi connectivity index (χ1v) is 12.5. The number of carbonyl (C=O) groups excluding carboxylic acids is 2. The van der Waals surface area contributed by atoms with Gasteiger partial charge in [-0.1, -0.05) is 41.9 Å². The van der Waals surface area contributed by atoms with Gasteiger partial charge in [0.2, 0.25) is 0 Å². The van der Waals surface area contributed by atoms with E-state index in [4.69, 9.17) is 16.3 Å². The summed E-state index contributed by atoms with van der Waals surface area (Å²) in [6.45, 7) is 2.83. The minimum Gasteiger partial charge on any atom is -0.489 e. The summed E-state index contributed by atoms with van der Waals surface area (Å²) >= 11 is 8.13. The fourth-order valence-electron chi connectivity index (χ4n) is 4.80. The Balaban J connectivity index is 1.31. The number of halogens is 1. The average Bonchev–Trinajstić information content (AvgIpc) is 3.35. The molecular formula is C25H22ClN5O3S. The van der Waals surface area contributed by atoms with Gasteiger partial charge >= 0.3 is 0 Å². The summed E-state index contributed by atoms with van der Waals surface area (Å²) in [6.07, 6.45) is 0.521. The minimum absolute atomic E-state index is 0.0684. The molecule has 4 heterocycles. The van der Waals surface area contributed by atoms with Crippen LogP contribution in [0.2, 0.25) is 5.15 Å². The number of aromatic nitrogens is 3. The molecule has 0 N–H and O–H groups in total. The van der Waals surface area contributed by atoms with Gasteiger partial charge in [0.05, 0.1) is 21.8 Å². The van der Waals surface area contributed by atoms with E-state index in [0.717, 1.165) is 26.4 Å². The molecule has 8 nitrogen and oxygen atoms in total. The van der Waals surface area contributed by atoms with Crippen molar-refractivity contribution in [2.24, 2.45) is 0 Å². The molecule has 35 heavy (non-hydrogen) atoms. The van der Waals surface area contributed by atoms with Gasteiger partial charge in [-0.25, -0.2) is 9.67 Å². The zero-order valence-corrected chi connectivity index (χ0v) is 20.8. The van der Waals surface area contributed by atoms with Crippen LogP contribution in [-0.4, -0.2) is 57.7 Å². The number of hydrogen-bond donors (Lipinski definition) is 0. The van der Waals surface area contributed by atoms with Crippen molar-refractivity contribution in [3.05, 3.63) is 69.4 Å². The maximum atomic E-state index is 13.6. The molecule has 2 amide bonds. The van der Waals surface area contributed by atoms with Crippen molar-refractivity contribution in [3.63, 3.8) is 0 Å². The van der Waals surface area contributed by atoms with Gasteiger partial charge in [0, 0.05) is 19.2 Å². The van der Waals surface area contributed by atoms with E-state index in [1.807, 2.05) is 49.4 Å². The van der Waals surface area contributed by atoms with E-state index >= 15 is 0 Å². The normalized spacial score (nSPS) is 17.9. The third-order valence-electron chi connectivity index (χ3n) is 6.55. The number of rotatable bonds is 3. The molecule has 2 aliphatic heterocycles. The summed E-state index contributed by atoms with van der Waals surface area (Å²) in [6, 6.07) is 12.8. The smallest absolute Gasteiger partial charge is 0.275 e. The topological polar surface area (TPSA) is 80.6 Å². The number of anilines is 1. The Kier molecular flexibility index (Phi) is 5.26. The molecule has 2 aliphatic rings. The number of amides is 2. The summed E-state index contributed by atoms with van der Waals surface area (Å²) in [5, 5.41) is 5.92. The highest BCUT2D eigenvalue weighted by molar-refractivity contribution is 7.19. The van der Waals surface area contributed by atoms with Crippen molar-refractivity contribution < 1.29 is 14.3 Å². The SMILES string of the molecule is Cc1nc2ccc3c(c2s1)N(C)C(=O)[C@@H](N1CCc2c(nn(Cc4ccccc4)c2Cl)C1=O)CO3. The highest BCUT2D eigenvalue weighted by atomic mass is 35.5. The molecule has 0 bridgehead atoms.